The summed E-state index contributed by atoms with van der Waals surface area (Å²) < 4.78 is 17.8. The molecule has 0 aromatic rings. The van der Waals surface area contributed by atoms with Gasteiger partial charge in [-0.15, -0.1) is 24.0 Å². The van der Waals surface area contributed by atoms with Crippen LogP contribution >= 0.6 is 24.0 Å². The van der Waals surface area contributed by atoms with Gasteiger partial charge in [0.25, 0.3) is 0 Å². The van der Waals surface area contributed by atoms with Gasteiger partial charge in [-0.05, 0) is 64.7 Å². The SMILES string of the molecule is CCNC(=NCCCCCOC1CCCCC1)N1CCC(OCC2CCCO2)CC1.I. The number of piperidine rings is 1. The first-order chi connectivity index (χ1) is 14.8. The van der Waals surface area contributed by atoms with Gasteiger partial charge in [0.05, 0.1) is 24.9 Å². The van der Waals surface area contributed by atoms with E-state index in [0.717, 1.165) is 84.1 Å². The Morgan fingerprint density at radius 3 is 2.42 bits per heavy atom. The van der Waals surface area contributed by atoms with Gasteiger partial charge in [0.15, 0.2) is 5.96 Å². The van der Waals surface area contributed by atoms with Crippen LogP contribution in [0.2, 0.25) is 0 Å². The van der Waals surface area contributed by atoms with Crippen LogP contribution in [-0.2, 0) is 14.2 Å². The van der Waals surface area contributed by atoms with Crippen molar-refractivity contribution < 1.29 is 14.2 Å². The molecule has 0 amide bonds. The molecular weight excluding hydrogens is 505 g/mol. The van der Waals surface area contributed by atoms with E-state index in [-0.39, 0.29) is 24.0 Å². The van der Waals surface area contributed by atoms with Crippen molar-refractivity contribution in [1.82, 2.24) is 10.2 Å². The molecule has 6 nitrogen and oxygen atoms in total. The van der Waals surface area contributed by atoms with Crippen molar-refractivity contribution >= 4 is 29.9 Å². The third-order valence-electron chi connectivity index (χ3n) is 6.59. The Hall–Kier alpha value is -0.120. The molecule has 1 atom stereocenters. The summed E-state index contributed by atoms with van der Waals surface area (Å²) in [5.74, 6) is 1.08. The zero-order valence-electron chi connectivity index (χ0n) is 19.7. The molecule has 182 valence electrons. The van der Waals surface area contributed by atoms with E-state index in [1.54, 1.807) is 0 Å². The molecule has 7 heteroatoms. The average molecular weight is 552 g/mol. The van der Waals surface area contributed by atoms with Gasteiger partial charge in [0, 0.05) is 39.4 Å². The van der Waals surface area contributed by atoms with Gasteiger partial charge < -0.3 is 24.4 Å². The zero-order valence-corrected chi connectivity index (χ0v) is 22.0. The first kappa shape index (κ1) is 27.1. The Morgan fingerprint density at radius 2 is 1.71 bits per heavy atom. The van der Waals surface area contributed by atoms with Gasteiger partial charge in [-0.3, -0.25) is 4.99 Å². The number of unbranched alkanes of at least 4 members (excludes halogenated alkanes) is 2. The number of halogens is 1. The highest BCUT2D eigenvalue weighted by Gasteiger charge is 2.24. The van der Waals surface area contributed by atoms with Gasteiger partial charge in [-0.2, -0.15) is 0 Å². The highest BCUT2D eigenvalue weighted by Crippen LogP contribution is 2.20. The third kappa shape index (κ3) is 10.6. The second-order valence-electron chi connectivity index (χ2n) is 9.08. The minimum absolute atomic E-state index is 0. The van der Waals surface area contributed by atoms with Gasteiger partial charge in [-0.1, -0.05) is 19.3 Å². The topological polar surface area (TPSA) is 55.3 Å². The van der Waals surface area contributed by atoms with Crippen molar-refractivity contribution in [2.45, 2.75) is 102 Å². The van der Waals surface area contributed by atoms with Crippen molar-refractivity contribution in [3.63, 3.8) is 0 Å². The smallest absolute Gasteiger partial charge is 0.193 e. The van der Waals surface area contributed by atoms with Crippen LogP contribution in [0.4, 0.5) is 0 Å². The molecule has 0 aromatic carbocycles. The van der Waals surface area contributed by atoms with E-state index in [2.05, 4.69) is 17.1 Å². The maximum atomic E-state index is 6.11. The average Bonchev–Trinajstić information content (AvgIpc) is 3.31. The summed E-state index contributed by atoms with van der Waals surface area (Å²) in [4.78, 5) is 7.29. The largest absolute Gasteiger partial charge is 0.378 e. The second-order valence-corrected chi connectivity index (χ2v) is 9.08. The normalized spacial score (nSPS) is 23.7. The number of guanidine groups is 1. The molecule has 3 rings (SSSR count). The first-order valence-corrected chi connectivity index (χ1v) is 12.7. The number of rotatable bonds is 11. The van der Waals surface area contributed by atoms with Gasteiger partial charge in [0.1, 0.15) is 0 Å². The molecule has 3 aliphatic rings. The van der Waals surface area contributed by atoms with E-state index in [0.29, 0.717) is 18.3 Å². The predicted molar refractivity (Wildman–Crippen MR) is 138 cm³/mol. The number of nitrogens with zero attached hydrogens (tertiary/aromatic N) is 2. The molecule has 2 saturated heterocycles. The molecule has 2 heterocycles. The molecule has 0 bridgehead atoms. The fourth-order valence-corrected chi connectivity index (χ4v) is 4.74. The van der Waals surface area contributed by atoms with Crippen LogP contribution in [0.1, 0.15) is 84.0 Å². The third-order valence-corrected chi connectivity index (χ3v) is 6.59. The van der Waals surface area contributed by atoms with Crippen molar-refractivity contribution in [1.29, 1.82) is 0 Å². The molecule has 1 unspecified atom stereocenters. The fraction of sp³-hybridized carbons (Fsp3) is 0.958. The standard InChI is InChI=1S/C24H45N3O3.HI/c1-2-25-24(26-15-7-4-8-18-28-21-10-5-3-6-11-21)27-16-13-22(14-17-27)30-20-23-12-9-19-29-23;/h21-23H,2-20H2,1H3,(H,25,26);1H. The number of nitrogens with one attached hydrogen (secondary N) is 1. The molecule has 3 fully saturated rings. The van der Waals surface area contributed by atoms with Crippen molar-refractivity contribution in [2.24, 2.45) is 4.99 Å². The minimum Gasteiger partial charge on any atom is -0.378 e. The van der Waals surface area contributed by atoms with Crippen LogP contribution in [0.5, 0.6) is 0 Å². The first-order valence-electron chi connectivity index (χ1n) is 12.7. The Kier molecular flexibility index (Phi) is 14.4. The second kappa shape index (κ2) is 16.5. The quantitative estimate of drug-likeness (QED) is 0.174. The van der Waals surface area contributed by atoms with Gasteiger partial charge in [0.2, 0.25) is 0 Å². The summed E-state index contributed by atoms with van der Waals surface area (Å²) in [5, 5.41) is 3.48. The summed E-state index contributed by atoms with van der Waals surface area (Å²) >= 11 is 0. The van der Waals surface area contributed by atoms with Gasteiger partial charge >= 0.3 is 0 Å². The number of hydrogen-bond donors (Lipinski definition) is 1. The summed E-state index contributed by atoms with van der Waals surface area (Å²) in [6.45, 7) is 8.62. The van der Waals surface area contributed by atoms with E-state index in [4.69, 9.17) is 19.2 Å². The van der Waals surface area contributed by atoms with Crippen LogP contribution in [-0.4, -0.2) is 75.2 Å². The van der Waals surface area contributed by atoms with E-state index < -0.39 is 0 Å². The lowest BCUT2D eigenvalue weighted by atomic mass is 9.98. The molecule has 31 heavy (non-hydrogen) atoms. The zero-order chi connectivity index (χ0) is 20.9. The van der Waals surface area contributed by atoms with Gasteiger partial charge in [-0.25, -0.2) is 0 Å². The van der Waals surface area contributed by atoms with Crippen LogP contribution in [0, 0.1) is 0 Å². The van der Waals surface area contributed by atoms with E-state index in [1.165, 1.54) is 44.9 Å². The molecule has 1 N–H and O–H groups in total. The number of likely N-dealkylation sites (tertiary alicyclic amines) is 1. The molecule has 1 saturated carbocycles. The molecule has 2 aliphatic heterocycles. The molecule has 1 aliphatic carbocycles. The van der Waals surface area contributed by atoms with E-state index in [1.807, 2.05) is 0 Å². The summed E-state index contributed by atoms with van der Waals surface area (Å²) in [6.07, 6.45) is 15.9. The minimum atomic E-state index is 0. The van der Waals surface area contributed by atoms with Crippen LogP contribution in [0.15, 0.2) is 4.99 Å². The lowest BCUT2D eigenvalue weighted by Crippen LogP contribution is -2.47. The highest BCUT2D eigenvalue weighted by molar-refractivity contribution is 14.0. The maximum absolute atomic E-state index is 6.11. The van der Waals surface area contributed by atoms with Crippen LogP contribution in [0.3, 0.4) is 0 Å². The highest BCUT2D eigenvalue weighted by atomic mass is 127. The van der Waals surface area contributed by atoms with Crippen LogP contribution < -0.4 is 5.32 Å². The van der Waals surface area contributed by atoms with E-state index >= 15 is 0 Å². The van der Waals surface area contributed by atoms with Crippen molar-refractivity contribution in [3.8, 4) is 0 Å². The Bertz CT molecular complexity index is 475. The molecular formula is C24H46IN3O3. The van der Waals surface area contributed by atoms with Crippen molar-refractivity contribution in [2.75, 3.05) is 46.0 Å². The lowest BCUT2D eigenvalue weighted by Gasteiger charge is -2.34. The Balaban J connectivity index is 0.00000341. The van der Waals surface area contributed by atoms with Crippen molar-refractivity contribution in [3.05, 3.63) is 0 Å². The van der Waals surface area contributed by atoms with E-state index in [9.17, 15) is 0 Å². The predicted octanol–water partition coefficient (Wildman–Crippen LogP) is 4.75. The molecule has 0 radical (unpaired) electrons. The molecule has 0 aromatic heterocycles. The summed E-state index contributed by atoms with van der Waals surface area (Å²) in [6, 6.07) is 0. The maximum Gasteiger partial charge on any atom is 0.193 e. The number of hydrogen-bond acceptors (Lipinski definition) is 4. The molecule has 0 spiro atoms. The Morgan fingerprint density at radius 1 is 0.935 bits per heavy atom. The summed E-state index contributed by atoms with van der Waals surface area (Å²) in [7, 11) is 0. The summed E-state index contributed by atoms with van der Waals surface area (Å²) in [5.41, 5.74) is 0. The monoisotopic (exact) mass is 551 g/mol. The fourth-order valence-electron chi connectivity index (χ4n) is 4.74. The number of ether oxygens (including phenoxy) is 3. The Labute approximate surface area is 207 Å². The van der Waals surface area contributed by atoms with Crippen LogP contribution in [0.25, 0.3) is 0 Å². The lowest BCUT2D eigenvalue weighted by molar-refractivity contribution is -0.0367. The number of aliphatic imine (C=N–C) groups is 1.